The summed E-state index contributed by atoms with van der Waals surface area (Å²) in [6.07, 6.45) is 3.30. The van der Waals surface area contributed by atoms with Gasteiger partial charge in [0.25, 0.3) is 0 Å². The lowest BCUT2D eigenvalue weighted by Crippen LogP contribution is -2.28. The first-order chi connectivity index (χ1) is 14.2. The van der Waals surface area contributed by atoms with Crippen LogP contribution in [0.15, 0.2) is 60.8 Å². The Kier molecular flexibility index (Phi) is 4.21. The number of carbonyl (C=O) groups excluding carboxylic acids is 1. The molecule has 1 aliphatic heterocycles. The molecule has 3 aromatic rings. The third kappa shape index (κ3) is 3.11. The lowest BCUT2D eigenvalue weighted by atomic mass is 9.94. The molecular weight excluding hydrogens is 368 g/mol. The molecule has 1 aliphatic carbocycles. The average Bonchev–Trinajstić information content (AvgIpc) is 3.45. The van der Waals surface area contributed by atoms with Crippen molar-refractivity contribution >= 4 is 11.7 Å². The number of aliphatic hydroxyl groups excluding tert-OH is 1. The second-order valence-electron chi connectivity index (χ2n) is 7.35. The Morgan fingerprint density at radius 2 is 1.93 bits per heavy atom. The predicted octanol–water partition coefficient (Wildman–Crippen LogP) is 3.89. The van der Waals surface area contributed by atoms with E-state index >= 15 is 0 Å². The molecule has 0 unspecified atom stereocenters. The largest absolute Gasteiger partial charge is 0.454 e. The van der Waals surface area contributed by atoms with E-state index in [1.807, 2.05) is 48.5 Å². The summed E-state index contributed by atoms with van der Waals surface area (Å²) in [6.45, 7) is 0.181. The number of hydrogen-bond acceptors (Lipinski definition) is 5. The van der Waals surface area contributed by atoms with Crippen LogP contribution < -0.4 is 14.8 Å². The fourth-order valence-electron chi connectivity index (χ4n) is 3.77. The molecule has 1 amide bonds. The van der Waals surface area contributed by atoms with E-state index in [0.717, 1.165) is 35.1 Å². The van der Waals surface area contributed by atoms with Crippen molar-refractivity contribution in [1.29, 1.82) is 0 Å². The minimum atomic E-state index is -0.537. The van der Waals surface area contributed by atoms with Gasteiger partial charge in [-0.15, -0.1) is 0 Å². The van der Waals surface area contributed by atoms with Gasteiger partial charge in [-0.05, 0) is 53.8 Å². The molecule has 2 aliphatic rings. The van der Waals surface area contributed by atoms with Gasteiger partial charge in [0.2, 0.25) is 12.7 Å². The van der Waals surface area contributed by atoms with Crippen molar-refractivity contribution in [3.05, 3.63) is 71.9 Å². The Bertz CT molecular complexity index is 1080. The molecule has 1 aromatic heterocycles. The first-order valence-corrected chi connectivity index (χ1v) is 9.56. The van der Waals surface area contributed by atoms with Crippen molar-refractivity contribution in [3.63, 3.8) is 0 Å². The minimum Gasteiger partial charge on any atom is -0.454 e. The van der Waals surface area contributed by atoms with Crippen LogP contribution in [0, 0.1) is 0 Å². The zero-order valence-corrected chi connectivity index (χ0v) is 15.7. The Morgan fingerprint density at radius 1 is 1.10 bits per heavy atom. The maximum Gasteiger partial charge on any atom is 0.236 e. The molecule has 2 N–H and O–H groups in total. The molecular formula is C23H22N2O4. The highest BCUT2D eigenvalue weighted by atomic mass is 16.7. The van der Waals surface area contributed by atoms with Crippen LogP contribution in [-0.2, 0) is 16.8 Å². The van der Waals surface area contributed by atoms with E-state index in [0.29, 0.717) is 17.3 Å². The summed E-state index contributed by atoms with van der Waals surface area (Å²) in [4.78, 5) is 17.4. The summed E-state index contributed by atoms with van der Waals surface area (Å²) in [5.74, 6) is 1.84. The number of hydrogen-bond donors (Lipinski definition) is 2. The van der Waals surface area contributed by atoms with E-state index in [1.54, 1.807) is 12.3 Å². The number of anilines is 1. The van der Waals surface area contributed by atoms with Gasteiger partial charge in [0.15, 0.2) is 11.5 Å². The fourth-order valence-corrected chi connectivity index (χ4v) is 3.77. The number of amides is 1. The second-order valence-corrected chi connectivity index (χ2v) is 7.35. The van der Waals surface area contributed by atoms with E-state index in [2.05, 4.69) is 10.3 Å². The molecule has 6 heteroatoms. The van der Waals surface area contributed by atoms with Gasteiger partial charge in [0, 0.05) is 13.2 Å². The highest BCUT2D eigenvalue weighted by Crippen LogP contribution is 2.51. The Labute approximate surface area is 169 Å². The average molecular weight is 390 g/mol. The number of pyridine rings is 1. The summed E-state index contributed by atoms with van der Waals surface area (Å²) in [5, 5.41) is 12.5. The van der Waals surface area contributed by atoms with Crippen LogP contribution in [0.5, 0.6) is 11.5 Å². The van der Waals surface area contributed by atoms with Crippen molar-refractivity contribution in [1.82, 2.24) is 4.98 Å². The van der Waals surface area contributed by atoms with Gasteiger partial charge in [-0.1, -0.05) is 30.3 Å². The number of nitrogens with zero attached hydrogens (tertiary/aromatic N) is 1. The maximum absolute atomic E-state index is 13.0. The number of benzene rings is 2. The number of aliphatic hydroxyl groups is 1. The lowest BCUT2D eigenvalue weighted by Gasteiger charge is -2.16. The summed E-state index contributed by atoms with van der Waals surface area (Å²) >= 11 is 0. The fraction of sp³-hybridized carbons (Fsp3) is 0.217. The SMILES string of the molecule is O=C(Nc1ccc(-c2ccccc2CO)cn1)C1(c2ccc3c(c2)OCO3)CC1.[HH]. The molecule has 5 rings (SSSR count). The van der Waals surface area contributed by atoms with Crippen LogP contribution in [0.4, 0.5) is 5.82 Å². The smallest absolute Gasteiger partial charge is 0.236 e. The van der Waals surface area contributed by atoms with Gasteiger partial charge in [0.05, 0.1) is 12.0 Å². The van der Waals surface area contributed by atoms with Crippen LogP contribution >= 0.6 is 0 Å². The molecule has 0 atom stereocenters. The summed E-state index contributed by atoms with van der Waals surface area (Å²) < 4.78 is 10.8. The van der Waals surface area contributed by atoms with Crippen molar-refractivity contribution in [3.8, 4) is 22.6 Å². The number of rotatable bonds is 5. The highest BCUT2D eigenvalue weighted by molar-refractivity contribution is 6.01. The Morgan fingerprint density at radius 3 is 2.69 bits per heavy atom. The zero-order valence-electron chi connectivity index (χ0n) is 15.7. The molecule has 2 heterocycles. The van der Waals surface area contributed by atoms with E-state index < -0.39 is 5.41 Å². The van der Waals surface area contributed by atoms with E-state index in [9.17, 15) is 9.90 Å². The summed E-state index contributed by atoms with van der Waals surface area (Å²) in [6, 6.07) is 17.0. The van der Waals surface area contributed by atoms with Crippen molar-refractivity contribution in [2.45, 2.75) is 24.9 Å². The number of carbonyl (C=O) groups is 1. The van der Waals surface area contributed by atoms with E-state index in [-0.39, 0.29) is 20.7 Å². The van der Waals surface area contributed by atoms with Gasteiger partial charge in [0.1, 0.15) is 5.82 Å². The molecule has 1 saturated carbocycles. The third-order valence-electron chi connectivity index (χ3n) is 5.61. The molecule has 148 valence electrons. The molecule has 0 spiro atoms. The molecule has 0 saturated heterocycles. The molecule has 29 heavy (non-hydrogen) atoms. The van der Waals surface area contributed by atoms with Crippen LogP contribution in [0.2, 0.25) is 0 Å². The highest BCUT2D eigenvalue weighted by Gasteiger charge is 2.51. The number of nitrogens with one attached hydrogen (secondary N) is 1. The number of fused-ring (bicyclic) bond motifs is 1. The Balaban J connectivity index is 0.00000218. The number of ether oxygens (including phenoxy) is 2. The summed E-state index contributed by atoms with van der Waals surface area (Å²) in [5.41, 5.74) is 3.06. The van der Waals surface area contributed by atoms with Crippen molar-refractivity contribution < 1.29 is 20.8 Å². The van der Waals surface area contributed by atoms with Gasteiger partial charge >= 0.3 is 0 Å². The van der Waals surface area contributed by atoms with Crippen molar-refractivity contribution in [2.75, 3.05) is 12.1 Å². The standard InChI is InChI=1S/C23H20N2O4.H2/c26-13-16-3-1-2-4-18(16)15-5-8-21(24-12-15)25-22(27)23(9-10-23)17-6-7-19-20(11-17)29-14-28-19;/h1-8,11-12,26H,9-10,13-14H2,(H,24,25,27);1H. The maximum atomic E-state index is 13.0. The third-order valence-corrected chi connectivity index (χ3v) is 5.61. The molecule has 1 fully saturated rings. The molecule has 6 nitrogen and oxygen atoms in total. The van der Waals surface area contributed by atoms with Gasteiger partial charge < -0.3 is 19.9 Å². The summed E-state index contributed by atoms with van der Waals surface area (Å²) in [7, 11) is 0. The van der Waals surface area contributed by atoms with Crippen LogP contribution in [0.3, 0.4) is 0 Å². The number of aromatic nitrogens is 1. The van der Waals surface area contributed by atoms with Gasteiger partial charge in [-0.25, -0.2) is 4.98 Å². The van der Waals surface area contributed by atoms with Crippen LogP contribution in [0.25, 0.3) is 11.1 Å². The predicted molar refractivity (Wildman–Crippen MR) is 110 cm³/mol. The molecule has 2 aromatic carbocycles. The molecule has 0 bridgehead atoms. The Hall–Kier alpha value is -3.38. The topological polar surface area (TPSA) is 80.7 Å². The monoisotopic (exact) mass is 390 g/mol. The normalized spacial score (nSPS) is 15.8. The van der Waals surface area contributed by atoms with Gasteiger partial charge in [-0.3, -0.25) is 4.79 Å². The van der Waals surface area contributed by atoms with Crippen LogP contribution in [-0.4, -0.2) is 22.8 Å². The van der Waals surface area contributed by atoms with E-state index in [1.165, 1.54) is 0 Å². The molecule has 0 radical (unpaired) electrons. The van der Waals surface area contributed by atoms with Crippen LogP contribution in [0.1, 0.15) is 25.4 Å². The zero-order chi connectivity index (χ0) is 19.8. The quantitative estimate of drug-likeness (QED) is 0.691. The first-order valence-electron chi connectivity index (χ1n) is 9.56. The first kappa shape index (κ1) is 17.7. The van der Waals surface area contributed by atoms with Crippen molar-refractivity contribution in [2.24, 2.45) is 0 Å². The van der Waals surface area contributed by atoms with Gasteiger partial charge in [-0.2, -0.15) is 0 Å². The van der Waals surface area contributed by atoms with E-state index in [4.69, 9.17) is 9.47 Å². The lowest BCUT2D eigenvalue weighted by molar-refractivity contribution is -0.118. The second kappa shape index (κ2) is 6.90. The minimum absolute atomic E-state index is 0.